The summed E-state index contributed by atoms with van der Waals surface area (Å²) in [5.41, 5.74) is 0.958. The highest BCUT2D eigenvalue weighted by Gasteiger charge is 2.18. The Balaban J connectivity index is 1.67. The molecule has 0 saturated carbocycles. The monoisotopic (exact) mass is 287 g/mol. The fourth-order valence-electron chi connectivity index (χ4n) is 2.41. The lowest BCUT2D eigenvalue weighted by Gasteiger charge is -2.36. The Morgan fingerprint density at radius 2 is 1.90 bits per heavy atom. The maximum Gasteiger partial charge on any atom is 0.248 e. The third-order valence-corrected chi connectivity index (χ3v) is 3.57. The molecular weight excluding hydrogens is 270 g/mol. The third kappa shape index (κ3) is 2.96. The first-order valence-electron chi connectivity index (χ1n) is 6.81. The third-order valence-electron chi connectivity index (χ3n) is 3.57. The number of nitrogens with one attached hydrogen (secondary N) is 1. The number of hydrogen-bond donors (Lipinski definition) is 1. The van der Waals surface area contributed by atoms with E-state index in [0.29, 0.717) is 5.88 Å². The van der Waals surface area contributed by atoms with Crippen molar-refractivity contribution in [3.8, 4) is 5.88 Å². The van der Waals surface area contributed by atoms with Crippen molar-refractivity contribution in [2.45, 2.75) is 0 Å². The second-order valence-corrected chi connectivity index (χ2v) is 4.80. The molecule has 110 valence electrons. The van der Waals surface area contributed by atoms with Gasteiger partial charge in [-0.1, -0.05) is 0 Å². The van der Waals surface area contributed by atoms with Gasteiger partial charge in [0.05, 0.1) is 12.8 Å². The molecule has 0 aliphatic carbocycles. The predicted molar refractivity (Wildman–Crippen MR) is 80.1 cm³/mol. The minimum atomic E-state index is -0.0783. The molecule has 0 aromatic carbocycles. The summed E-state index contributed by atoms with van der Waals surface area (Å²) in [7, 11) is 1.60. The molecule has 3 heterocycles. The van der Waals surface area contributed by atoms with Gasteiger partial charge in [0.15, 0.2) is 0 Å². The minimum Gasteiger partial charge on any atom is -0.481 e. The molecular formula is C14H17N5O2. The highest BCUT2D eigenvalue weighted by Crippen LogP contribution is 2.19. The first-order valence-corrected chi connectivity index (χ1v) is 6.81. The maximum atomic E-state index is 11.1. The summed E-state index contributed by atoms with van der Waals surface area (Å²) >= 11 is 0. The highest BCUT2D eigenvalue weighted by molar-refractivity contribution is 5.48. The van der Waals surface area contributed by atoms with Crippen molar-refractivity contribution in [2.75, 3.05) is 43.1 Å². The number of H-pyrrole nitrogens is 1. The number of anilines is 2. The molecule has 0 unspecified atom stereocenters. The Bertz CT molecular complexity index is 644. The van der Waals surface area contributed by atoms with Crippen LogP contribution in [0.25, 0.3) is 0 Å². The van der Waals surface area contributed by atoms with Gasteiger partial charge in [0.2, 0.25) is 11.4 Å². The van der Waals surface area contributed by atoms with Crippen LogP contribution in [0.1, 0.15) is 0 Å². The van der Waals surface area contributed by atoms with Crippen LogP contribution in [0, 0.1) is 0 Å². The molecule has 1 N–H and O–H groups in total. The SMILES string of the molecule is COc1cc(N2CCN(c3ccc(=O)[nH]c3)CC2)ncn1. The number of nitrogens with zero attached hydrogens (tertiary/aromatic N) is 4. The molecule has 1 aliphatic heterocycles. The zero-order chi connectivity index (χ0) is 14.7. The van der Waals surface area contributed by atoms with Crippen LogP contribution < -0.4 is 20.1 Å². The summed E-state index contributed by atoms with van der Waals surface area (Å²) in [5, 5.41) is 0. The fraction of sp³-hybridized carbons (Fsp3) is 0.357. The first kappa shape index (κ1) is 13.4. The number of piperazine rings is 1. The van der Waals surface area contributed by atoms with Gasteiger partial charge in [0.1, 0.15) is 12.1 Å². The van der Waals surface area contributed by atoms with Gasteiger partial charge in [-0.05, 0) is 6.07 Å². The highest BCUT2D eigenvalue weighted by atomic mass is 16.5. The van der Waals surface area contributed by atoms with Gasteiger partial charge in [-0.2, -0.15) is 0 Å². The van der Waals surface area contributed by atoms with E-state index < -0.39 is 0 Å². The number of aromatic nitrogens is 3. The summed E-state index contributed by atoms with van der Waals surface area (Å²) < 4.78 is 5.13. The number of methoxy groups -OCH3 is 1. The van der Waals surface area contributed by atoms with E-state index in [1.54, 1.807) is 19.4 Å². The molecule has 0 amide bonds. The molecule has 1 saturated heterocycles. The van der Waals surface area contributed by atoms with Gasteiger partial charge < -0.3 is 19.5 Å². The van der Waals surface area contributed by atoms with Crippen LogP contribution in [0.2, 0.25) is 0 Å². The molecule has 0 atom stereocenters. The molecule has 2 aromatic rings. The predicted octanol–water partition coefficient (Wildman–Crippen LogP) is 0.500. The molecule has 3 rings (SSSR count). The van der Waals surface area contributed by atoms with Crippen LogP contribution in [0.15, 0.2) is 35.5 Å². The van der Waals surface area contributed by atoms with E-state index in [4.69, 9.17) is 4.74 Å². The average molecular weight is 287 g/mol. The van der Waals surface area contributed by atoms with Crippen LogP contribution in [-0.2, 0) is 0 Å². The molecule has 7 heteroatoms. The van der Waals surface area contributed by atoms with Gasteiger partial charge >= 0.3 is 0 Å². The molecule has 0 radical (unpaired) electrons. The summed E-state index contributed by atoms with van der Waals surface area (Å²) in [6, 6.07) is 5.24. The Labute approximate surface area is 122 Å². The fourth-order valence-corrected chi connectivity index (χ4v) is 2.41. The van der Waals surface area contributed by atoms with Crippen LogP contribution in [0.4, 0.5) is 11.5 Å². The van der Waals surface area contributed by atoms with E-state index in [0.717, 1.165) is 37.7 Å². The van der Waals surface area contributed by atoms with Crippen LogP contribution in [0.3, 0.4) is 0 Å². The van der Waals surface area contributed by atoms with Crippen LogP contribution in [-0.4, -0.2) is 48.2 Å². The number of pyridine rings is 1. The van der Waals surface area contributed by atoms with E-state index in [1.165, 1.54) is 6.33 Å². The van der Waals surface area contributed by atoms with Crippen molar-refractivity contribution < 1.29 is 4.74 Å². The first-order chi connectivity index (χ1) is 10.3. The summed E-state index contributed by atoms with van der Waals surface area (Å²) in [5.74, 6) is 1.45. The van der Waals surface area contributed by atoms with Crippen molar-refractivity contribution >= 4 is 11.5 Å². The lowest BCUT2D eigenvalue weighted by molar-refractivity contribution is 0.396. The molecule has 1 fully saturated rings. The lowest BCUT2D eigenvalue weighted by Crippen LogP contribution is -2.47. The van der Waals surface area contributed by atoms with Gasteiger partial charge in [-0.3, -0.25) is 4.79 Å². The zero-order valence-electron chi connectivity index (χ0n) is 11.8. The molecule has 2 aromatic heterocycles. The summed E-state index contributed by atoms with van der Waals surface area (Å²) in [6.07, 6.45) is 3.27. The van der Waals surface area contributed by atoms with Crippen molar-refractivity contribution in [3.05, 3.63) is 41.1 Å². The summed E-state index contributed by atoms with van der Waals surface area (Å²) in [6.45, 7) is 3.47. The number of rotatable bonds is 3. The van der Waals surface area contributed by atoms with Gasteiger partial charge in [0.25, 0.3) is 0 Å². The van der Waals surface area contributed by atoms with E-state index in [9.17, 15) is 4.79 Å². The zero-order valence-corrected chi connectivity index (χ0v) is 11.8. The quantitative estimate of drug-likeness (QED) is 0.886. The Morgan fingerprint density at radius 3 is 2.57 bits per heavy atom. The van der Waals surface area contributed by atoms with Crippen molar-refractivity contribution in [1.29, 1.82) is 0 Å². The molecule has 1 aliphatic rings. The average Bonchev–Trinajstić information content (AvgIpc) is 2.56. The van der Waals surface area contributed by atoms with Gasteiger partial charge in [-0.25, -0.2) is 9.97 Å². The normalized spacial score (nSPS) is 15.1. The van der Waals surface area contributed by atoms with E-state index in [-0.39, 0.29) is 5.56 Å². The van der Waals surface area contributed by atoms with Crippen LogP contribution in [0.5, 0.6) is 5.88 Å². The number of ether oxygens (including phenoxy) is 1. The van der Waals surface area contributed by atoms with Gasteiger partial charge in [-0.15, -0.1) is 0 Å². The topological polar surface area (TPSA) is 74.3 Å². The van der Waals surface area contributed by atoms with E-state index in [1.807, 2.05) is 12.1 Å². The number of hydrogen-bond acceptors (Lipinski definition) is 6. The van der Waals surface area contributed by atoms with Crippen molar-refractivity contribution in [1.82, 2.24) is 15.0 Å². The lowest BCUT2D eigenvalue weighted by atomic mass is 10.2. The van der Waals surface area contributed by atoms with Crippen molar-refractivity contribution in [2.24, 2.45) is 0 Å². The molecule has 0 bridgehead atoms. The smallest absolute Gasteiger partial charge is 0.248 e. The minimum absolute atomic E-state index is 0.0783. The van der Waals surface area contributed by atoms with E-state index >= 15 is 0 Å². The summed E-state index contributed by atoms with van der Waals surface area (Å²) in [4.78, 5) is 26.6. The van der Waals surface area contributed by atoms with Gasteiger partial charge in [0, 0.05) is 44.5 Å². The maximum absolute atomic E-state index is 11.1. The molecule has 0 spiro atoms. The second-order valence-electron chi connectivity index (χ2n) is 4.80. The number of aromatic amines is 1. The Hall–Kier alpha value is -2.57. The second kappa shape index (κ2) is 5.82. The molecule has 7 nitrogen and oxygen atoms in total. The van der Waals surface area contributed by atoms with E-state index in [2.05, 4.69) is 24.8 Å². The standard InChI is InChI=1S/C14H17N5O2/c1-21-14-8-12(16-10-17-14)19-6-4-18(5-7-19)11-2-3-13(20)15-9-11/h2-3,8-10H,4-7H2,1H3,(H,15,20). The Kier molecular flexibility index (Phi) is 3.72. The Morgan fingerprint density at radius 1 is 1.14 bits per heavy atom. The van der Waals surface area contributed by atoms with Crippen molar-refractivity contribution in [3.63, 3.8) is 0 Å². The largest absolute Gasteiger partial charge is 0.481 e. The molecule has 21 heavy (non-hydrogen) atoms. The van der Waals surface area contributed by atoms with Crippen LogP contribution >= 0.6 is 0 Å².